The molecule has 256 valence electrons. The first kappa shape index (κ1) is 30.8. The summed E-state index contributed by atoms with van der Waals surface area (Å²) in [7, 11) is 0. The zero-order valence-corrected chi connectivity index (χ0v) is 30.0. The molecule has 1 aliphatic rings. The SMILES string of the molecule is CC1(C)c2ccccc2-c2ccc(N(c3ccccc3-c3ccccc3)c3cccc4c3oc3cc5c(cc34)oc3cccc(-c4ccccc4)c35)cc21. The van der Waals surface area contributed by atoms with E-state index in [4.69, 9.17) is 8.83 Å². The molecule has 8 aromatic carbocycles. The first-order valence-electron chi connectivity index (χ1n) is 18.6. The van der Waals surface area contributed by atoms with Crippen LogP contribution in [0, 0.1) is 0 Å². The van der Waals surface area contributed by atoms with Crippen LogP contribution < -0.4 is 4.90 Å². The van der Waals surface area contributed by atoms with Crippen molar-refractivity contribution in [3.8, 4) is 33.4 Å². The highest BCUT2D eigenvalue weighted by atomic mass is 16.3. The Labute approximate surface area is 313 Å². The van der Waals surface area contributed by atoms with Crippen LogP contribution in [-0.2, 0) is 5.41 Å². The van der Waals surface area contributed by atoms with Gasteiger partial charge in [-0.25, -0.2) is 0 Å². The van der Waals surface area contributed by atoms with Crippen LogP contribution in [0.4, 0.5) is 17.1 Å². The fraction of sp³-hybridized carbons (Fsp3) is 0.0588. The fourth-order valence-corrected chi connectivity index (χ4v) is 8.91. The molecule has 10 aromatic rings. The summed E-state index contributed by atoms with van der Waals surface area (Å²) in [6.45, 7) is 4.68. The molecule has 0 bridgehead atoms. The van der Waals surface area contributed by atoms with Gasteiger partial charge in [-0.1, -0.05) is 147 Å². The van der Waals surface area contributed by atoms with Gasteiger partial charge in [0, 0.05) is 38.2 Å². The summed E-state index contributed by atoms with van der Waals surface area (Å²) in [6, 6.07) is 62.8. The van der Waals surface area contributed by atoms with E-state index in [-0.39, 0.29) is 5.41 Å². The van der Waals surface area contributed by atoms with Crippen molar-refractivity contribution in [2.24, 2.45) is 0 Å². The summed E-state index contributed by atoms with van der Waals surface area (Å²) in [4.78, 5) is 2.39. The summed E-state index contributed by atoms with van der Waals surface area (Å²) in [5, 5.41) is 4.22. The third-order valence-electron chi connectivity index (χ3n) is 11.5. The second kappa shape index (κ2) is 11.6. The molecule has 0 aliphatic heterocycles. The minimum atomic E-state index is -0.145. The second-order valence-corrected chi connectivity index (χ2v) is 14.9. The maximum Gasteiger partial charge on any atom is 0.159 e. The Kier molecular flexibility index (Phi) is 6.60. The van der Waals surface area contributed by atoms with Gasteiger partial charge in [0.1, 0.15) is 16.7 Å². The van der Waals surface area contributed by atoms with E-state index in [0.29, 0.717) is 0 Å². The van der Waals surface area contributed by atoms with Gasteiger partial charge in [0.15, 0.2) is 5.58 Å². The normalized spacial score (nSPS) is 13.1. The largest absolute Gasteiger partial charge is 0.456 e. The summed E-state index contributed by atoms with van der Waals surface area (Å²) >= 11 is 0. The molecule has 0 saturated heterocycles. The zero-order chi connectivity index (χ0) is 36.0. The van der Waals surface area contributed by atoms with Crippen LogP contribution in [0.5, 0.6) is 0 Å². The molecular formula is C51H35NO2. The Balaban J connectivity index is 1.16. The van der Waals surface area contributed by atoms with E-state index in [1.54, 1.807) is 0 Å². The van der Waals surface area contributed by atoms with E-state index < -0.39 is 0 Å². The summed E-state index contributed by atoms with van der Waals surface area (Å²) in [5.41, 5.74) is 16.3. The smallest absolute Gasteiger partial charge is 0.159 e. The molecule has 2 aromatic heterocycles. The Morgan fingerprint density at radius 3 is 1.83 bits per heavy atom. The first-order valence-corrected chi connectivity index (χ1v) is 18.6. The number of anilines is 3. The van der Waals surface area contributed by atoms with Crippen molar-refractivity contribution < 1.29 is 8.83 Å². The predicted octanol–water partition coefficient (Wildman–Crippen LogP) is 14.6. The van der Waals surface area contributed by atoms with Gasteiger partial charge < -0.3 is 13.7 Å². The number of rotatable bonds is 5. The van der Waals surface area contributed by atoms with Gasteiger partial charge >= 0.3 is 0 Å². The molecule has 0 saturated carbocycles. The van der Waals surface area contributed by atoms with Crippen LogP contribution in [-0.4, -0.2) is 0 Å². The number of benzene rings is 8. The topological polar surface area (TPSA) is 29.5 Å². The van der Waals surface area contributed by atoms with Crippen molar-refractivity contribution in [3.63, 3.8) is 0 Å². The average Bonchev–Trinajstić information content (AvgIpc) is 3.85. The van der Waals surface area contributed by atoms with Gasteiger partial charge in [-0.3, -0.25) is 0 Å². The summed E-state index contributed by atoms with van der Waals surface area (Å²) in [6.07, 6.45) is 0. The number of para-hydroxylation sites is 2. The van der Waals surface area contributed by atoms with E-state index in [1.165, 1.54) is 22.3 Å². The molecular weight excluding hydrogens is 659 g/mol. The number of fused-ring (bicyclic) bond motifs is 9. The van der Waals surface area contributed by atoms with Gasteiger partial charge in [-0.2, -0.15) is 0 Å². The van der Waals surface area contributed by atoms with Crippen molar-refractivity contribution in [1.82, 2.24) is 0 Å². The lowest BCUT2D eigenvalue weighted by atomic mass is 9.82. The molecule has 3 nitrogen and oxygen atoms in total. The van der Waals surface area contributed by atoms with Crippen molar-refractivity contribution >= 4 is 60.9 Å². The minimum Gasteiger partial charge on any atom is -0.456 e. The highest BCUT2D eigenvalue weighted by molar-refractivity contribution is 6.19. The van der Waals surface area contributed by atoms with Crippen molar-refractivity contribution in [1.29, 1.82) is 0 Å². The van der Waals surface area contributed by atoms with E-state index in [1.807, 2.05) is 0 Å². The van der Waals surface area contributed by atoms with Crippen molar-refractivity contribution in [2.45, 2.75) is 19.3 Å². The molecule has 0 fully saturated rings. The van der Waals surface area contributed by atoms with Gasteiger partial charge in [0.2, 0.25) is 0 Å². The third kappa shape index (κ3) is 4.48. The minimum absolute atomic E-state index is 0.145. The summed E-state index contributed by atoms with van der Waals surface area (Å²) in [5.74, 6) is 0. The maximum atomic E-state index is 7.03. The highest BCUT2D eigenvalue weighted by Gasteiger charge is 2.36. The van der Waals surface area contributed by atoms with Gasteiger partial charge in [-0.15, -0.1) is 0 Å². The molecule has 3 heteroatoms. The van der Waals surface area contributed by atoms with Crippen LogP contribution in [0.15, 0.2) is 185 Å². The lowest BCUT2D eigenvalue weighted by molar-refractivity contribution is 0.660. The van der Waals surface area contributed by atoms with Crippen LogP contribution in [0.25, 0.3) is 77.3 Å². The van der Waals surface area contributed by atoms with E-state index in [0.717, 1.165) is 83.2 Å². The average molecular weight is 694 g/mol. The van der Waals surface area contributed by atoms with Crippen molar-refractivity contribution in [3.05, 3.63) is 187 Å². The van der Waals surface area contributed by atoms with Crippen LogP contribution in [0.1, 0.15) is 25.0 Å². The molecule has 0 spiro atoms. The van der Waals surface area contributed by atoms with Gasteiger partial charge in [-0.05, 0) is 81.4 Å². The quantitative estimate of drug-likeness (QED) is 0.180. The number of furan rings is 2. The maximum absolute atomic E-state index is 7.03. The highest BCUT2D eigenvalue weighted by Crippen LogP contribution is 2.52. The molecule has 0 unspecified atom stereocenters. The van der Waals surface area contributed by atoms with E-state index in [9.17, 15) is 0 Å². The van der Waals surface area contributed by atoms with Crippen LogP contribution >= 0.6 is 0 Å². The van der Waals surface area contributed by atoms with Crippen LogP contribution in [0.2, 0.25) is 0 Å². The number of hydrogen-bond donors (Lipinski definition) is 0. The molecule has 54 heavy (non-hydrogen) atoms. The second-order valence-electron chi connectivity index (χ2n) is 14.9. The molecule has 2 heterocycles. The van der Waals surface area contributed by atoms with E-state index in [2.05, 4.69) is 195 Å². The van der Waals surface area contributed by atoms with E-state index >= 15 is 0 Å². The monoisotopic (exact) mass is 693 g/mol. The Morgan fingerprint density at radius 1 is 0.407 bits per heavy atom. The zero-order valence-electron chi connectivity index (χ0n) is 30.0. The number of nitrogens with zero attached hydrogens (tertiary/aromatic N) is 1. The Hall–Kier alpha value is -6.84. The fourth-order valence-electron chi connectivity index (χ4n) is 8.91. The first-order chi connectivity index (χ1) is 26.5. The standard InChI is InChI=1S/C51H35NO2/c1-51(2)42-23-11-9-20-37(42)38-28-27-34(29-43(38)51)52(44-24-12-10-19-35(44)32-15-5-3-6-16-32)45-25-13-22-39-40-30-48-41(31-47(40)54-50(39)45)49-36(21-14-26-46(49)53-48)33-17-7-4-8-18-33/h3-31H,1-2H3. The third-order valence-corrected chi connectivity index (χ3v) is 11.5. The number of hydrogen-bond acceptors (Lipinski definition) is 3. The lowest BCUT2D eigenvalue weighted by Gasteiger charge is -2.29. The Bertz CT molecular complexity index is 3080. The molecule has 0 N–H and O–H groups in total. The van der Waals surface area contributed by atoms with Crippen LogP contribution in [0.3, 0.4) is 0 Å². The van der Waals surface area contributed by atoms with Gasteiger partial charge in [0.05, 0.1) is 11.4 Å². The molecule has 0 atom stereocenters. The molecule has 0 radical (unpaired) electrons. The summed E-state index contributed by atoms with van der Waals surface area (Å²) < 4.78 is 13.6. The lowest BCUT2D eigenvalue weighted by Crippen LogP contribution is -2.17. The molecule has 0 amide bonds. The van der Waals surface area contributed by atoms with Crippen molar-refractivity contribution in [2.75, 3.05) is 4.90 Å². The Morgan fingerprint density at radius 2 is 1.02 bits per heavy atom. The predicted molar refractivity (Wildman–Crippen MR) is 224 cm³/mol. The molecule has 1 aliphatic carbocycles. The molecule has 11 rings (SSSR count). The van der Waals surface area contributed by atoms with Gasteiger partial charge in [0.25, 0.3) is 0 Å².